The first-order valence-electron chi connectivity index (χ1n) is 10.1. The number of para-hydroxylation sites is 1. The summed E-state index contributed by atoms with van der Waals surface area (Å²) in [4.78, 5) is 15.9. The van der Waals surface area contributed by atoms with Gasteiger partial charge in [0.2, 0.25) is 0 Å². The van der Waals surface area contributed by atoms with E-state index >= 15 is 0 Å². The van der Waals surface area contributed by atoms with Crippen LogP contribution in [0.25, 0.3) is 21.8 Å². The minimum Gasteiger partial charge on any atom is -0.384 e. The van der Waals surface area contributed by atoms with Gasteiger partial charge in [-0.05, 0) is 38.1 Å². The highest BCUT2D eigenvalue weighted by molar-refractivity contribution is 6.11. The van der Waals surface area contributed by atoms with Gasteiger partial charge >= 0.3 is 0 Å². The molecule has 0 atom stereocenters. The normalized spacial score (nSPS) is 11.2. The van der Waals surface area contributed by atoms with Crippen molar-refractivity contribution in [2.24, 2.45) is 0 Å². The number of aromatic nitrogens is 1. The van der Waals surface area contributed by atoms with Crippen LogP contribution in [0.2, 0.25) is 0 Å². The Bertz CT molecular complexity index is 942. The number of rotatable bonds is 11. The standard InChI is InChI=1S/C22H28N4O2/c1-2-3-4-7-14-23-15-9-16-24-22-17-10-5-6-11-18(17)25-19-12-8-13-20(21(19)22)26(27)28/h5-6,8,10-13,23H,2-4,7,9,14-16H2,1H3,(H,24,25). The SMILES string of the molecule is CCCCCCNCCCNc1c2ccccc2nc2cccc([N+](=O)[O-])c12. The highest BCUT2D eigenvalue weighted by Gasteiger charge is 2.18. The molecule has 0 unspecified atom stereocenters. The number of hydrogen-bond donors (Lipinski definition) is 2. The Kier molecular flexibility index (Phi) is 7.14. The lowest BCUT2D eigenvalue weighted by atomic mass is 10.1. The minimum atomic E-state index is -0.332. The van der Waals surface area contributed by atoms with Crippen molar-refractivity contribution in [3.63, 3.8) is 0 Å². The summed E-state index contributed by atoms with van der Waals surface area (Å²) in [6, 6.07) is 12.8. The first-order chi connectivity index (χ1) is 13.7. The van der Waals surface area contributed by atoms with E-state index in [2.05, 4.69) is 22.5 Å². The van der Waals surface area contributed by atoms with E-state index in [4.69, 9.17) is 0 Å². The monoisotopic (exact) mass is 380 g/mol. The van der Waals surface area contributed by atoms with Gasteiger partial charge in [-0.3, -0.25) is 10.1 Å². The molecule has 0 fully saturated rings. The van der Waals surface area contributed by atoms with Gasteiger partial charge in [-0.15, -0.1) is 0 Å². The maximum atomic E-state index is 11.6. The molecule has 148 valence electrons. The zero-order valence-corrected chi connectivity index (χ0v) is 16.4. The van der Waals surface area contributed by atoms with Crippen molar-refractivity contribution < 1.29 is 4.92 Å². The summed E-state index contributed by atoms with van der Waals surface area (Å²) in [7, 11) is 0. The quantitative estimate of drug-likeness (QED) is 0.205. The number of unbranched alkanes of at least 4 members (excludes halogenated alkanes) is 3. The van der Waals surface area contributed by atoms with E-state index in [1.54, 1.807) is 12.1 Å². The van der Waals surface area contributed by atoms with Gasteiger partial charge in [0.1, 0.15) is 5.39 Å². The van der Waals surface area contributed by atoms with Crippen molar-refractivity contribution in [1.82, 2.24) is 10.3 Å². The summed E-state index contributed by atoms with van der Waals surface area (Å²) in [5.74, 6) is 0. The molecule has 0 aliphatic carbocycles. The Balaban J connectivity index is 1.74. The second kappa shape index (κ2) is 9.99. The maximum absolute atomic E-state index is 11.6. The van der Waals surface area contributed by atoms with E-state index in [0.717, 1.165) is 42.6 Å². The third-order valence-electron chi connectivity index (χ3n) is 4.92. The van der Waals surface area contributed by atoms with Gasteiger partial charge in [0.05, 0.1) is 21.6 Å². The average Bonchev–Trinajstić information content (AvgIpc) is 2.71. The van der Waals surface area contributed by atoms with Gasteiger partial charge < -0.3 is 10.6 Å². The van der Waals surface area contributed by atoms with Crippen molar-refractivity contribution >= 4 is 33.2 Å². The van der Waals surface area contributed by atoms with Crippen LogP contribution in [0.1, 0.15) is 39.0 Å². The van der Waals surface area contributed by atoms with Gasteiger partial charge in [0.15, 0.2) is 0 Å². The smallest absolute Gasteiger partial charge is 0.280 e. The summed E-state index contributed by atoms with van der Waals surface area (Å²) >= 11 is 0. The number of hydrogen-bond acceptors (Lipinski definition) is 5. The molecule has 1 aromatic heterocycles. The lowest BCUT2D eigenvalue weighted by Gasteiger charge is -2.13. The molecule has 2 N–H and O–H groups in total. The number of nitro groups is 1. The van der Waals surface area contributed by atoms with E-state index in [0.29, 0.717) is 10.9 Å². The van der Waals surface area contributed by atoms with E-state index in [1.807, 2.05) is 30.3 Å². The summed E-state index contributed by atoms with van der Waals surface area (Å²) in [6.07, 6.45) is 5.99. The fourth-order valence-electron chi connectivity index (χ4n) is 3.49. The molecular formula is C22H28N4O2. The Labute approximate surface area is 165 Å². The van der Waals surface area contributed by atoms with E-state index in [-0.39, 0.29) is 10.6 Å². The predicted octanol–water partition coefficient (Wildman–Crippen LogP) is 5.27. The van der Waals surface area contributed by atoms with E-state index in [9.17, 15) is 10.1 Å². The zero-order valence-electron chi connectivity index (χ0n) is 16.4. The average molecular weight is 380 g/mol. The molecule has 6 heteroatoms. The fraction of sp³-hybridized carbons (Fsp3) is 0.409. The fourth-order valence-corrected chi connectivity index (χ4v) is 3.49. The van der Waals surface area contributed by atoms with Crippen LogP contribution in [-0.4, -0.2) is 29.5 Å². The largest absolute Gasteiger partial charge is 0.384 e. The van der Waals surface area contributed by atoms with Crippen LogP contribution in [0.5, 0.6) is 0 Å². The van der Waals surface area contributed by atoms with Crippen LogP contribution in [0, 0.1) is 10.1 Å². The molecule has 0 aliphatic rings. The molecule has 6 nitrogen and oxygen atoms in total. The number of anilines is 1. The van der Waals surface area contributed by atoms with Gasteiger partial charge in [-0.2, -0.15) is 0 Å². The second-order valence-electron chi connectivity index (χ2n) is 7.02. The molecular weight excluding hydrogens is 352 g/mol. The summed E-state index contributed by atoms with van der Waals surface area (Å²) < 4.78 is 0. The van der Waals surface area contributed by atoms with Gasteiger partial charge in [-0.1, -0.05) is 50.5 Å². The highest BCUT2D eigenvalue weighted by atomic mass is 16.6. The van der Waals surface area contributed by atoms with Crippen LogP contribution in [0.3, 0.4) is 0 Å². The van der Waals surface area contributed by atoms with Crippen LogP contribution >= 0.6 is 0 Å². The summed E-state index contributed by atoms with van der Waals surface area (Å²) in [6.45, 7) is 4.95. The number of non-ortho nitro benzene ring substituents is 1. The summed E-state index contributed by atoms with van der Waals surface area (Å²) in [5.41, 5.74) is 2.37. The zero-order chi connectivity index (χ0) is 19.8. The van der Waals surface area contributed by atoms with Crippen LogP contribution in [0.15, 0.2) is 42.5 Å². The van der Waals surface area contributed by atoms with Gasteiger partial charge in [-0.25, -0.2) is 4.98 Å². The second-order valence-corrected chi connectivity index (χ2v) is 7.02. The highest BCUT2D eigenvalue weighted by Crippen LogP contribution is 2.36. The molecule has 1 heterocycles. The molecule has 0 aliphatic heterocycles. The summed E-state index contributed by atoms with van der Waals surface area (Å²) in [5, 5.41) is 20.0. The Morgan fingerprint density at radius 2 is 1.71 bits per heavy atom. The predicted molar refractivity (Wildman–Crippen MR) is 116 cm³/mol. The Morgan fingerprint density at radius 3 is 2.54 bits per heavy atom. The molecule has 0 saturated heterocycles. The number of nitro benzene ring substituents is 1. The number of nitrogens with one attached hydrogen (secondary N) is 2. The molecule has 0 amide bonds. The first kappa shape index (κ1) is 20.0. The molecule has 3 rings (SSSR count). The number of benzene rings is 2. The lowest BCUT2D eigenvalue weighted by molar-refractivity contribution is -0.383. The third-order valence-corrected chi connectivity index (χ3v) is 4.92. The third kappa shape index (κ3) is 4.75. The molecule has 0 bridgehead atoms. The number of pyridine rings is 1. The van der Waals surface area contributed by atoms with Crippen molar-refractivity contribution in [2.45, 2.75) is 39.0 Å². The molecule has 3 aromatic rings. The molecule has 28 heavy (non-hydrogen) atoms. The van der Waals surface area contributed by atoms with Gasteiger partial charge in [0, 0.05) is 18.0 Å². The molecule has 0 spiro atoms. The topological polar surface area (TPSA) is 80.1 Å². The van der Waals surface area contributed by atoms with Crippen LogP contribution < -0.4 is 10.6 Å². The number of fused-ring (bicyclic) bond motifs is 2. The number of nitrogens with zero attached hydrogens (tertiary/aromatic N) is 2. The van der Waals surface area contributed by atoms with Crippen molar-refractivity contribution in [3.05, 3.63) is 52.6 Å². The Morgan fingerprint density at radius 1 is 0.929 bits per heavy atom. The van der Waals surface area contributed by atoms with Crippen molar-refractivity contribution in [1.29, 1.82) is 0 Å². The van der Waals surface area contributed by atoms with E-state index in [1.165, 1.54) is 25.7 Å². The van der Waals surface area contributed by atoms with E-state index < -0.39 is 0 Å². The maximum Gasteiger partial charge on any atom is 0.280 e. The molecule has 0 saturated carbocycles. The molecule has 0 radical (unpaired) electrons. The molecule has 2 aromatic carbocycles. The lowest BCUT2D eigenvalue weighted by Crippen LogP contribution is -2.19. The van der Waals surface area contributed by atoms with Crippen molar-refractivity contribution in [3.8, 4) is 0 Å². The van der Waals surface area contributed by atoms with Crippen molar-refractivity contribution in [2.75, 3.05) is 25.0 Å². The van der Waals surface area contributed by atoms with Crippen LogP contribution in [-0.2, 0) is 0 Å². The first-order valence-corrected chi connectivity index (χ1v) is 10.1. The Hall–Kier alpha value is -2.73. The van der Waals surface area contributed by atoms with Crippen LogP contribution in [0.4, 0.5) is 11.4 Å². The van der Waals surface area contributed by atoms with Gasteiger partial charge in [0.25, 0.3) is 5.69 Å². The minimum absolute atomic E-state index is 0.0901.